The fourth-order valence-electron chi connectivity index (χ4n) is 5.96. The molecule has 5 rings (SSSR count). The number of hydrogen-bond acceptors (Lipinski definition) is 5. The number of carbonyl (C=O) groups is 1. The molecule has 4 saturated carbocycles. The molecule has 0 heterocycles. The minimum Gasteiger partial charge on any atom is -0.306 e. The average Bonchev–Trinajstić information content (AvgIpc) is 2.63. The molecule has 0 unspecified atom stereocenters. The Kier molecular flexibility index (Phi) is 5.18. The number of alkyl halides is 2. The zero-order chi connectivity index (χ0) is 19.1. The maximum Gasteiger partial charge on any atom is 0.398 e. The molecule has 4 aliphatic carbocycles. The number of amides is 1. The first-order valence-corrected chi connectivity index (χ1v) is 10.1. The van der Waals surface area contributed by atoms with Crippen molar-refractivity contribution in [1.29, 1.82) is 0 Å². The van der Waals surface area contributed by atoms with Crippen LogP contribution in [0.4, 0.5) is 14.5 Å². The highest BCUT2D eigenvalue weighted by Gasteiger charge is 2.54. The highest BCUT2D eigenvalue weighted by Crippen LogP contribution is 2.60. The zero-order valence-electron chi connectivity index (χ0n) is 14.9. The molecular formula is C19H23F2NO4S. The van der Waals surface area contributed by atoms with Gasteiger partial charge in [0.25, 0.3) is 0 Å². The van der Waals surface area contributed by atoms with Gasteiger partial charge < -0.3 is 4.90 Å². The van der Waals surface area contributed by atoms with Gasteiger partial charge in [-0.15, -0.1) is 4.33 Å². The third-order valence-electron chi connectivity index (χ3n) is 6.39. The summed E-state index contributed by atoms with van der Waals surface area (Å²) < 4.78 is 32.6. The maximum atomic E-state index is 14.4. The molecule has 0 aliphatic heterocycles. The Morgan fingerprint density at radius 1 is 1.15 bits per heavy atom. The fourth-order valence-corrected chi connectivity index (χ4v) is 6.26. The van der Waals surface area contributed by atoms with Gasteiger partial charge in [0, 0.05) is 12.2 Å². The van der Waals surface area contributed by atoms with E-state index in [0.29, 0.717) is 23.4 Å². The Labute approximate surface area is 161 Å². The first-order valence-electron chi connectivity index (χ1n) is 9.31. The van der Waals surface area contributed by atoms with Crippen molar-refractivity contribution < 1.29 is 28.2 Å². The van der Waals surface area contributed by atoms with Gasteiger partial charge >= 0.3 is 11.2 Å². The second kappa shape index (κ2) is 7.31. The van der Waals surface area contributed by atoms with Crippen LogP contribution in [0.2, 0.25) is 0 Å². The van der Waals surface area contributed by atoms with Crippen LogP contribution < -0.4 is 4.90 Å². The third-order valence-corrected chi connectivity index (χ3v) is 6.90. The predicted molar refractivity (Wildman–Crippen MR) is 96.7 cm³/mol. The number of nitrogens with zero attached hydrogens (tertiary/aromatic N) is 1. The lowest BCUT2D eigenvalue weighted by Crippen LogP contribution is -2.54. The molecule has 0 radical (unpaired) electrons. The van der Waals surface area contributed by atoms with E-state index in [4.69, 9.17) is 5.26 Å². The van der Waals surface area contributed by atoms with Crippen molar-refractivity contribution in [2.75, 3.05) is 11.4 Å². The lowest BCUT2D eigenvalue weighted by Gasteiger charge is -2.57. The van der Waals surface area contributed by atoms with E-state index in [0.717, 1.165) is 19.3 Å². The minimum absolute atomic E-state index is 0.0880. The van der Waals surface area contributed by atoms with Crippen molar-refractivity contribution in [3.8, 4) is 0 Å². The van der Waals surface area contributed by atoms with Gasteiger partial charge in [-0.3, -0.25) is 4.79 Å². The molecule has 4 fully saturated rings. The summed E-state index contributed by atoms with van der Waals surface area (Å²) in [4.78, 5) is 13.9. The van der Waals surface area contributed by atoms with Crippen molar-refractivity contribution in [2.45, 2.75) is 43.8 Å². The monoisotopic (exact) mass is 399 g/mol. The fraction of sp³-hybridized carbons (Fsp3) is 0.632. The van der Waals surface area contributed by atoms with Crippen molar-refractivity contribution in [1.82, 2.24) is 0 Å². The van der Waals surface area contributed by atoms with Gasteiger partial charge in [-0.2, -0.15) is 8.78 Å². The minimum atomic E-state index is -3.87. The first-order chi connectivity index (χ1) is 12.9. The summed E-state index contributed by atoms with van der Waals surface area (Å²) >= 11 is -0.495. The van der Waals surface area contributed by atoms with Crippen LogP contribution in [0.5, 0.6) is 0 Å². The van der Waals surface area contributed by atoms with Crippen molar-refractivity contribution in [3.05, 3.63) is 30.3 Å². The molecule has 148 valence electrons. The molecule has 27 heavy (non-hydrogen) atoms. The van der Waals surface area contributed by atoms with E-state index in [-0.39, 0.29) is 12.0 Å². The van der Waals surface area contributed by atoms with Crippen LogP contribution in [-0.2, 0) is 14.2 Å². The van der Waals surface area contributed by atoms with E-state index in [1.807, 2.05) is 0 Å². The van der Waals surface area contributed by atoms with E-state index >= 15 is 0 Å². The molecule has 4 aliphatic rings. The molecule has 8 heteroatoms. The number of para-hydroxylation sites is 1. The molecule has 1 amide bonds. The Morgan fingerprint density at radius 2 is 1.70 bits per heavy atom. The number of anilines is 1. The zero-order valence-corrected chi connectivity index (χ0v) is 15.7. The summed E-state index contributed by atoms with van der Waals surface area (Å²) in [6.07, 6.45) is 6.74. The van der Waals surface area contributed by atoms with Gasteiger partial charge in [0.1, 0.15) is 12.0 Å². The normalized spacial score (nSPS) is 31.9. The SMILES string of the molecule is O=C(N(CC12CC3CC(CC(C3)C1)C2)c1ccccc1)C(F)(F)SOOO. The molecular weight excluding hydrogens is 376 g/mol. The van der Waals surface area contributed by atoms with Crippen LogP contribution in [0.15, 0.2) is 30.3 Å². The highest BCUT2D eigenvalue weighted by atomic mass is 32.2. The molecule has 0 spiro atoms. The summed E-state index contributed by atoms with van der Waals surface area (Å²) in [5.41, 5.74) is 0.360. The van der Waals surface area contributed by atoms with Gasteiger partial charge in [0.05, 0.1) is 0 Å². The summed E-state index contributed by atoms with van der Waals surface area (Å²) in [7, 11) is 0. The molecule has 0 atom stereocenters. The first kappa shape index (κ1) is 19.1. The van der Waals surface area contributed by atoms with E-state index in [2.05, 4.69) is 9.37 Å². The number of halogens is 2. The third kappa shape index (κ3) is 3.85. The second-order valence-corrected chi connectivity index (χ2v) is 9.20. The van der Waals surface area contributed by atoms with Crippen LogP contribution in [0.25, 0.3) is 0 Å². The van der Waals surface area contributed by atoms with Crippen LogP contribution in [0, 0.1) is 23.2 Å². The largest absolute Gasteiger partial charge is 0.398 e. The topological polar surface area (TPSA) is 59.0 Å². The summed E-state index contributed by atoms with van der Waals surface area (Å²) in [5, 5.41) is 7.56. The summed E-state index contributed by atoms with van der Waals surface area (Å²) in [6.45, 7) is 0.287. The Bertz CT molecular complexity index is 652. The maximum absolute atomic E-state index is 14.4. The van der Waals surface area contributed by atoms with Crippen LogP contribution in [0.1, 0.15) is 38.5 Å². The second-order valence-electron chi connectivity index (χ2n) is 8.39. The van der Waals surface area contributed by atoms with Gasteiger partial charge in [-0.1, -0.05) is 23.2 Å². The number of hydrogen-bond donors (Lipinski definition) is 1. The van der Waals surface area contributed by atoms with E-state index < -0.39 is 23.2 Å². The molecule has 0 aromatic heterocycles. The highest BCUT2D eigenvalue weighted by molar-refractivity contribution is 7.96. The van der Waals surface area contributed by atoms with E-state index in [1.54, 1.807) is 30.3 Å². The van der Waals surface area contributed by atoms with Gasteiger partial charge in [-0.25, -0.2) is 5.26 Å². The van der Waals surface area contributed by atoms with Crippen molar-refractivity contribution in [3.63, 3.8) is 0 Å². The van der Waals surface area contributed by atoms with E-state index in [1.165, 1.54) is 24.2 Å². The Morgan fingerprint density at radius 3 is 2.22 bits per heavy atom. The molecule has 1 aromatic carbocycles. The van der Waals surface area contributed by atoms with Gasteiger partial charge in [0.15, 0.2) is 0 Å². The lowest BCUT2D eigenvalue weighted by molar-refractivity contribution is -0.433. The van der Waals surface area contributed by atoms with Gasteiger partial charge in [-0.05, 0) is 73.8 Å². The van der Waals surface area contributed by atoms with Crippen LogP contribution >= 0.6 is 12.0 Å². The molecule has 4 bridgehead atoms. The number of rotatable bonds is 7. The molecule has 1 N–H and O–H groups in total. The van der Waals surface area contributed by atoms with Crippen LogP contribution in [-0.4, -0.2) is 23.0 Å². The number of benzene rings is 1. The standard InChI is InChI=1S/C19H23F2NO4S/c20-19(21,27-26-25-24)17(23)22(16-4-2-1-3-5-16)12-18-9-13-6-14(10-18)8-15(7-13)11-18/h1-5,13-15,24H,6-12H2. The Balaban J connectivity index is 1.60. The summed E-state index contributed by atoms with van der Waals surface area (Å²) in [6, 6.07) is 8.58. The van der Waals surface area contributed by atoms with Crippen molar-refractivity contribution >= 4 is 23.6 Å². The average molecular weight is 399 g/mol. The predicted octanol–water partition coefficient (Wildman–Crippen LogP) is 4.90. The quantitative estimate of drug-likeness (QED) is 0.402. The summed E-state index contributed by atoms with van der Waals surface area (Å²) in [5.74, 6) is 0.617. The van der Waals surface area contributed by atoms with E-state index in [9.17, 15) is 13.6 Å². The lowest BCUT2D eigenvalue weighted by atomic mass is 9.49. The van der Waals surface area contributed by atoms with Crippen molar-refractivity contribution in [2.24, 2.45) is 23.2 Å². The molecule has 5 nitrogen and oxygen atoms in total. The number of carbonyl (C=O) groups excluding carboxylic acids is 1. The van der Waals surface area contributed by atoms with Crippen LogP contribution in [0.3, 0.4) is 0 Å². The molecule has 1 aromatic rings. The molecule has 0 saturated heterocycles. The Hall–Kier alpha value is -1.22. The van der Waals surface area contributed by atoms with Gasteiger partial charge in [0.2, 0.25) is 0 Å². The smallest absolute Gasteiger partial charge is 0.306 e.